The van der Waals surface area contributed by atoms with E-state index < -0.39 is 42.0 Å². The molecule has 2 saturated carbocycles. The van der Waals surface area contributed by atoms with E-state index >= 15 is 0 Å². The molecule has 4 aliphatic rings. The number of rotatable bonds is 6. The van der Waals surface area contributed by atoms with Crippen molar-refractivity contribution in [1.29, 1.82) is 0 Å². The number of nitrogens with one attached hydrogen (secondary N) is 2. The highest BCUT2D eigenvalue weighted by molar-refractivity contribution is 8.00. The van der Waals surface area contributed by atoms with Gasteiger partial charge < -0.3 is 15.0 Å². The first kappa shape index (κ1) is 31.2. The van der Waals surface area contributed by atoms with Crippen LogP contribution in [0.25, 0.3) is 0 Å². The fourth-order valence-electron chi connectivity index (χ4n) is 8.26. The molecule has 0 radical (unpaired) electrons. The number of aromatic nitrogens is 1. The third kappa shape index (κ3) is 4.97. The minimum absolute atomic E-state index is 0.0968. The number of H-pyrrole nitrogens is 1. The van der Waals surface area contributed by atoms with E-state index in [1.54, 1.807) is 42.5 Å². The van der Waals surface area contributed by atoms with Crippen molar-refractivity contribution in [2.75, 3.05) is 16.8 Å². The summed E-state index contributed by atoms with van der Waals surface area (Å²) in [5, 5.41) is 3.26. The molecule has 8 nitrogen and oxygen atoms in total. The van der Waals surface area contributed by atoms with Crippen LogP contribution in [0.5, 0.6) is 5.75 Å². The molecule has 2 aliphatic heterocycles. The molecule has 2 N–H and O–H groups in total. The lowest BCUT2D eigenvalue weighted by atomic mass is 9.68. The van der Waals surface area contributed by atoms with Crippen molar-refractivity contribution < 1.29 is 32.3 Å². The van der Waals surface area contributed by atoms with Crippen LogP contribution in [0.3, 0.4) is 0 Å². The lowest BCUT2D eigenvalue weighted by Gasteiger charge is -2.43. The molecule has 48 heavy (non-hydrogen) atoms. The Kier molecular flexibility index (Phi) is 7.49. The first-order chi connectivity index (χ1) is 23.0. The van der Waals surface area contributed by atoms with Crippen molar-refractivity contribution in [3.8, 4) is 5.75 Å². The number of thioether (sulfide) groups is 1. The molecule has 1 aromatic heterocycles. The second-order valence-corrected chi connectivity index (χ2v) is 15.0. The summed E-state index contributed by atoms with van der Waals surface area (Å²) >= 11 is 9.12. The first-order valence-electron chi connectivity index (χ1n) is 15.2. The summed E-state index contributed by atoms with van der Waals surface area (Å²) in [5.74, 6) is -2.84. The molecule has 2 bridgehead atoms. The Labute approximate surface area is 284 Å². The van der Waals surface area contributed by atoms with Gasteiger partial charge in [-0.05, 0) is 66.6 Å². The Morgan fingerprint density at radius 3 is 2.44 bits per heavy atom. The van der Waals surface area contributed by atoms with Crippen LogP contribution in [0, 0.1) is 29.6 Å². The van der Waals surface area contributed by atoms with E-state index in [2.05, 4.69) is 10.3 Å². The number of para-hydroxylation sites is 2. The number of fused-ring (bicyclic) bond motifs is 9. The van der Waals surface area contributed by atoms with Gasteiger partial charge >= 0.3 is 11.0 Å². The predicted octanol–water partition coefficient (Wildman–Crippen LogP) is 6.80. The maximum Gasteiger partial charge on any atom is 0.418 e. The normalized spacial score (nSPS) is 27.1. The number of amides is 3. The van der Waals surface area contributed by atoms with Crippen LogP contribution in [0.15, 0.2) is 82.6 Å². The van der Waals surface area contributed by atoms with Crippen LogP contribution in [-0.4, -0.2) is 34.6 Å². The summed E-state index contributed by atoms with van der Waals surface area (Å²) in [6.07, 6.45) is -3.99. The molecule has 3 aromatic carbocycles. The predicted molar refractivity (Wildman–Crippen MR) is 174 cm³/mol. The molecular weight excluding hydrogens is 687 g/mol. The number of thiazole rings is 1. The molecule has 4 aromatic rings. The Morgan fingerprint density at radius 2 is 1.69 bits per heavy atom. The van der Waals surface area contributed by atoms with E-state index in [-0.39, 0.29) is 51.1 Å². The third-order valence-corrected chi connectivity index (χ3v) is 12.7. The number of benzene rings is 3. The maximum atomic E-state index is 14.0. The van der Waals surface area contributed by atoms with Gasteiger partial charge in [0, 0.05) is 26.6 Å². The molecule has 1 saturated heterocycles. The van der Waals surface area contributed by atoms with Crippen LogP contribution >= 0.6 is 34.7 Å². The highest BCUT2D eigenvalue weighted by Gasteiger charge is 2.70. The summed E-state index contributed by atoms with van der Waals surface area (Å²) < 4.78 is 46.5. The third-order valence-electron chi connectivity index (χ3n) is 9.91. The highest BCUT2D eigenvalue weighted by atomic mass is 35.5. The van der Waals surface area contributed by atoms with Crippen molar-refractivity contribution in [3.05, 3.63) is 103 Å². The van der Waals surface area contributed by atoms with Crippen LogP contribution in [0.1, 0.15) is 28.3 Å². The van der Waals surface area contributed by atoms with Crippen molar-refractivity contribution >= 4 is 63.8 Å². The zero-order valence-electron chi connectivity index (χ0n) is 24.7. The molecule has 3 heterocycles. The van der Waals surface area contributed by atoms with Gasteiger partial charge in [0.2, 0.25) is 11.8 Å². The SMILES string of the molecule is O=C(COc1ccc(Cl)cc1[C@H]1c2sc(=O)[nH]c2SC2C1[C@H]1C[C@@H]2C2C(=O)N(c3ccccc3)C(=O)C21)Nc1ccccc1C(F)(F)F. The van der Waals surface area contributed by atoms with Crippen molar-refractivity contribution in [3.63, 3.8) is 0 Å². The summed E-state index contributed by atoms with van der Waals surface area (Å²) in [7, 11) is 0. The summed E-state index contributed by atoms with van der Waals surface area (Å²) in [6.45, 7) is -0.595. The fourth-order valence-corrected chi connectivity index (χ4v) is 11.3. The van der Waals surface area contributed by atoms with Gasteiger partial charge in [-0.3, -0.25) is 24.1 Å². The summed E-state index contributed by atoms with van der Waals surface area (Å²) in [5.41, 5.74) is -0.232. The van der Waals surface area contributed by atoms with Crippen molar-refractivity contribution in [1.82, 2.24) is 4.98 Å². The van der Waals surface area contributed by atoms with Crippen LogP contribution in [0.2, 0.25) is 5.02 Å². The molecule has 0 spiro atoms. The second kappa shape index (κ2) is 11.5. The number of halogens is 4. The molecule has 3 fully saturated rings. The topological polar surface area (TPSA) is 109 Å². The molecule has 8 rings (SSSR count). The van der Waals surface area contributed by atoms with E-state index in [4.69, 9.17) is 16.3 Å². The molecule has 246 valence electrons. The minimum Gasteiger partial charge on any atom is -0.483 e. The fraction of sp³-hybridized carbons (Fsp3) is 0.294. The number of carbonyl (C=O) groups is 3. The molecule has 2 aliphatic carbocycles. The van der Waals surface area contributed by atoms with Gasteiger partial charge in [0.15, 0.2) is 6.61 Å². The quantitative estimate of drug-likeness (QED) is 0.213. The number of anilines is 2. The standard InChI is InChI=1S/C34H25ClF3N3O5S2/c35-15-10-11-22(46-14-23(42)39-21-9-5-4-8-20(21)34(36,37)38)17(12-15)24-25-18-13-19(28(25)47-30-29(24)48-33(45)40-30)27-26(18)31(43)41(32(27)44)16-6-2-1-3-7-16/h1-12,18-19,24-28H,13-14H2,(H,39,42)(H,40,45)/t18-,19-,24-,25?,26?,27?,28?/m1/s1. The van der Waals surface area contributed by atoms with Gasteiger partial charge in [0.25, 0.3) is 5.91 Å². The van der Waals surface area contributed by atoms with E-state index in [0.717, 1.165) is 22.3 Å². The van der Waals surface area contributed by atoms with Crippen LogP contribution in [0.4, 0.5) is 24.5 Å². The average Bonchev–Trinajstić information content (AvgIpc) is 3.79. The Balaban J connectivity index is 1.13. The van der Waals surface area contributed by atoms with Gasteiger partial charge in [0.05, 0.1) is 33.8 Å². The van der Waals surface area contributed by atoms with Crippen LogP contribution in [-0.2, 0) is 20.6 Å². The van der Waals surface area contributed by atoms with Gasteiger partial charge in [-0.2, -0.15) is 13.2 Å². The largest absolute Gasteiger partial charge is 0.483 e. The maximum absolute atomic E-state index is 14.0. The number of imide groups is 1. The zero-order valence-corrected chi connectivity index (χ0v) is 27.1. The summed E-state index contributed by atoms with van der Waals surface area (Å²) in [4.78, 5) is 58.2. The van der Waals surface area contributed by atoms with E-state index in [1.165, 1.54) is 34.9 Å². The van der Waals surface area contributed by atoms with E-state index in [9.17, 15) is 32.3 Å². The number of aromatic amines is 1. The van der Waals surface area contributed by atoms with Gasteiger partial charge in [-0.15, -0.1) is 11.8 Å². The number of carbonyl (C=O) groups excluding carboxylic acids is 3. The highest BCUT2D eigenvalue weighted by Crippen LogP contribution is 2.69. The molecular formula is C34H25ClF3N3O5S2. The Morgan fingerprint density at radius 1 is 0.979 bits per heavy atom. The molecule has 3 amide bonds. The average molecular weight is 712 g/mol. The lowest BCUT2D eigenvalue weighted by molar-refractivity contribution is -0.137. The monoisotopic (exact) mass is 711 g/mol. The Hall–Kier alpha value is -4.07. The number of nitrogens with zero attached hydrogens (tertiary/aromatic N) is 1. The van der Waals surface area contributed by atoms with Gasteiger partial charge in [-0.1, -0.05) is 53.3 Å². The Bertz CT molecular complexity index is 2040. The van der Waals surface area contributed by atoms with Crippen LogP contribution < -0.4 is 19.8 Å². The second-order valence-electron chi connectivity index (χ2n) is 12.4. The molecule has 7 atom stereocenters. The number of hydrogen-bond donors (Lipinski definition) is 2. The van der Waals surface area contributed by atoms with Crippen molar-refractivity contribution in [2.24, 2.45) is 29.6 Å². The zero-order chi connectivity index (χ0) is 33.5. The minimum atomic E-state index is -4.66. The molecule has 14 heteroatoms. The van der Waals surface area contributed by atoms with Gasteiger partial charge in [-0.25, -0.2) is 0 Å². The lowest BCUT2D eigenvalue weighted by Crippen LogP contribution is -2.42. The smallest absolute Gasteiger partial charge is 0.418 e. The van der Waals surface area contributed by atoms with E-state index in [0.29, 0.717) is 27.7 Å². The van der Waals surface area contributed by atoms with Gasteiger partial charge in [0.1, 0.15) is 5.75 Å². The number of alkyl halides is 3. The number of ether oxygens (including phenoxy) is 1. The molecule has 4 unspecified atom stereocenters. The first-order valence-corrected chi connectivity index (χ1v) is 17.3. The number of hydrogen-bond acceptors (Lipinski definition) is 7. The summed E-state index contributed by atoms with van der Waals surface area (Å²) in [6, 6.07) is 18.5. The van der Waals surface area contributed by atoms with Crippen molar-refractivity contribution in [2.45, 2.75) is 28.8 Å². The van der Waals surface area contributed by atoms with E-state index in [1.807, 2.05) is 6.07 Å².